The number of ether oxygens (including phenoxy) is 1. The normalized spacial score (nSPS) is 13.2. The summed E-state index contributed by atoms with van der Waals surface area (Å²) in [4.78, 5) is 15.1. The SMILES string of the molecule is C/C=C\c1[nH]c(C(=O)OC(CC)C(C)C)cc1C. The summed E-state index contributed by atoms with van der Waals surface area (Å²) in [5.74, 6) is 0.0689. The van der Waals surface area contributed by atoms with Gasteiger partial charge in [-0.15, -0.1) is 0 Å². The average molecular weight is 249 g/mol. The molecule has 0 aliphatic rings. The summed E-state index contributed by atoms with van der Waals surface area (Å²) in [6, 6.07) is 1.84. The van der Waals surface area contributed by atoms with Gasteiger partial charge in [0.1, 0.15) is 11.8 Å². The summed E-state index contributed by atoms with van der Waals surface area (Å²) in [5, 5.41) is 0. The molecule has 0 amide bonds. The van der Waals surface area contributed by atoms with Gasteiger partial charge in [0.2, 0.25) is 0 Å². The van der Waals surface area contributed by atoms with Gasteiger partial charge in [0.15, 0.2) is 0 Å². The molecule has 0 aliphatic heterocycles. The lowest BCUT2D eigenvalue weighted by atomic mass is 10.1. The molecular weight excluding hydrogens is 226 g/mol. The molecule has 0 spiro atoms. The second kappa shape index (κ2) is 6.43. The third-order valence-corrected chi connectivity index (χ3v) is 3.01. The smallest absolute Gasteiger partial charge is 0.355 e. The first kappa shape index (κ1) is 14.6. The minimum atomic E-state index is -0.269. The lowest BCUT2D eigenvalue weighted by Crippen LogP contribution is -2.23. The van der Waals surface area contributed by atoms with E-state index in [9.17, 15) is 4.79 Å². The predicted molar refractivity (Wildman–Crippen MR) is 74.6 cm³/mol. The van der Waals surface area contributed by atoms with Crippen molar-refractivity contribution in [2.45, 2.75) is 47.1 Å². The molecule has 0 saturated heterocycles. The van der Waals surface area contributed by atoms with Crippen molar-refractivity contribution >= 4 is 12.0 Å². The lowest BCUT2D eigenvalue weighted by Gasteiger charge is -2.19. The minimum Gasteiger partial charge on any atom is -0.457 e. The monoisotopic (exact) mass is 249 g/mol. The van der Waals surface area contributed by atoms with Crippen molar-refractivity contribution in [3.05, 3.63) is 29.1 Å². The van der Waals surface area contributed by atoms with Gasteiger partial charge in [-0.05, 0) is 43.9 Å². The summed E-state index contributed by atoms with van der Waals surface area (Å²) >= 11 is 0. The number of hydrogen-bond donors (Lipinski definition) is 1. The fraction of sp³-hybridized carbons (Fsp3) is 0.533. The molecule has 1 aromatic rings. The van der Waals surface area contributed by atoms with Crippen LogP contribution < -0.4 is 0 Å². The highest BCUT2D eigenvalue weighted by molar-refractivity contribution is 5.88. The Kier molecular flexibility index (Phi) is 5.20. The van der Waals surface area contributed by atoms with Crippen LogP contribution in [0.25, 0.3) is 6.08 Å². The first-order valence-electron chi connectivity index (χ1n) is 6.52. The van der Waals surface area contributed by atoms with Crippen LogP contribution in [0.15, 0.2) is 12.1 Å². The van der Waals surface area contributed by atoms with Gasteiger partial charge >= 0.3 is 5.97 Å². The minimum absolute atomic E-state index is 0.0220. The Labute approximate surface area is 109 Å². The highest BCUT2D eigenvalue weighted by atomic mass is 16.5. The Morgan fingerprint density at radius 3 is 2.67 bits per heavy atom. The number of hydrogen-bond acceptors (Lipinski definition) is 2. The Bertz CT molecular complexity index is 430. The molecule has 3 heteroatoms. The molecule has 0 bridgehead atoms. The average Bonchev–Trinajstić information content (AvgIpc) is 2.68. The molecule has 1 rings (SSSR count). The highest BCUT2D eigenvalue weighted by Gasteiger charge is 2.19. The first-order chi connectivity index (χ1) is 8.49. The molecule has 0 aromatic carbocycles. The van der Waals surface area contributed by atoms with Crippen molar-refractivity contribution in [2.75, 3.05) is 0 Å². The molecule has 1 heterocycles. The van der Waals surface area contributed by atoms with Crippen molar-refractivity contribution in [2.24, 2.45) is 5.92 Å². The standard InChI is InChI=1S/C15H23NO2/c1-6-8-12-11(5)9-13(16-12)15(17)18-14(7-2)10(3)4/h6,8-10,14,16H,7H2,1-5H3/b8-6-. The van der Waals surface area contributed by atoms with E-state index >= 15 is 0 Å². The Balaban J connectivity index is 2.81. The molecule has 100 valence electrons. The van der Waals surface area contributed by atoms with Gasteiger partial charge in [0.25, 0.3) is 0 Å². The number of allylic oxidation sites excluding steroid dienone is 1. The zero-order chi connectivity index (χ0) is 13.7. The molecule has 1 aromatic heterocycles. The number of rotatable bonds is 5. The van der Waals surface area contributed by atoms with Crippen LogP contribution in [0.5, 0.6) is 0 Å². The molecular formula is C15H23NO2. The number of aromatic amines is 1. The van der Waals surface area contributed by atoms with Crippen LogP contribution in [0.2, 0.25) is 0 Å². The van der Waals surface area contributed by atoms with E-state index in [4.69, 9.17) is 4.74 Å². The summed E-state index contributed by atoms with van der Waals surface area (Å²) in [6.07, 6.45) is 4.71. The van der Waals surface area contributed by atoms with Gasteiger partial charge in [-0.2, -0.15) is 0 Å². The molecule has 0 aliphatic carbocycles. The molecule has 1 N–H and O–H groups in total. The van der Waals surface area contributed by atoms with Crippen LogP contribution in [-0.2, 0) is 4.74 Å². The van der Waals surface area contributed by atoms with Crippen molar-refractivity contribution in [1.29, 1.82) is 0 Å². The second-order valence-electron chi connectivity index (χ2n) is 4.88. The van der Waals surface area contributed by atoms with E-state index in [2.05, 4.69) is 18.8 Å². The summed E-state index contributed by atoms with van der Waals surface area (Å²) in [6.45, 7) is 10.1. The van der Waals surface area contributed by atoms with Crippen LogP contribution in [0.3, 0.4) is 0 Å². The fourth-order valence-corrected chi connectivity index (χ4v) is 1.92. The highest BCUT2D eigenvalue weighted by Crippen LogP contribution is 2.16. The van der Waals surface area contributed by atoms with Gasteiger partial charge in [0.05, 0.1) is 0 Å². The largest absolute Gasteiger partial charge is 0.457 e. The summed E-state index contributed by atoms with van der Waals surface area (Å²) < 4.78 is 5.50. The maximum Gasteiger partial charge on any atom is 0.355 e. The second-order valence-corrected chi connectivity index (χ2v) is 4.88. The van der Waals surface area contributed by atoms with Gasteiger partial charge < -0.3 is 9.72 Å². The number of esters is 1. The number of nitrogens with one attached hydrogen (secondary N) is 1. The van der Waals surface area contributed by atoms with Gasteiger partial charge in [0, 0.05) is 5.69 Å². The topological polar surface area (TPSA) is 42.1 Å². The molecule has 1 unspecified atom stereocenters. The molecule has 3 nitrogen and oxygen atoms in total. The van der Waals surface area contributed by atoms with Gasteiger partial charge in [-0.1, -0.05) is 26.8 Å². The summed E-state index contributed by atoms with van der Waals surface area (Å²) in [5.41, 5.74) is 2.54. The predicted octanol–water partition coefficient (Wildman–Crippen LogP) is 3.95. The Hall–Kier alpha value is -1.51. The van der Waals surface area contributed by atoms with E-state index in [1.807, 2.05) is 39.0 Å². The van der Waals surface area contributed by atoms with E-state index in [1.165, 1.54) is 0 Å². The van der Waals surface area contributed by atoms with E-state index < -0.39 is 0 Å². The van der Waals surface area contributed by atoms with E-state index in [0.717, 1.165) is 17.7 Å². The van der Waals surface area contributed by atoms with Crippen LogP contribution in [0, 0.1) is 12.8 Å². The third kappa shape index (κ3) is 3.49. The maximum atomic E-state index is 12.0. The van der Waals surface area contributed by atoms with Crippen molar-refractivity contribution in [3.63, 3.8) is 0 Å². The molecule has 1 atom stereocenters. The van der Waals surface area contributed by atoms with Gasteiger partial charge in [-0.3, -0.25) is 0 Å². The zero-order valence-electron chi connectivity index (χ0n) is 11.9. The third-order valence-electron chi connectivity index (χ3n) is 3.01. The maximum absolute atomic E-state index is 12.0. The molecule has 0 saturated carbocycles. The number of aryl methyl sites for hydroxylation is 1. The zero-order valence-corrected chi connectivity index (χ0v) is 11.9. The van der Waals surface area contributed by atoms with Gasteiger partial charge in [-0.25, -0.2) is 4.79 Å². The first-order valence-corrected chi connectivity index (χ1v) is 6.52. The Morgan fingerprint density at radius 1 is 1.50 bits per heavy atom. The summed E-state index contributed by atoms with van der Waals surface area (Å²) in [7, 11) is 0. The van der Waals surface area contributed by atoms with E-state index in [-0.39, 0.29) is 12.1 Å². The molecule has 0 fully saturated rings. The van der Waals surface area contributed by atoms with Crippen molar-refractivity contribution in [3.8, 4) is 0 Å². The number of carbonyl (C=O) groups excluding carboxylic acids is 1. The van der Waals surface area contributed by atoms with Crippen LogP contribution in [0.4, 0.5) is 0 Å². The molecule has 18 heavy (non-hydrogen) atoms. The molecule has 0 radical (unpaired) electrons. The van der Waals surface area contributed by atoms with Crippen molar-refractivity contribution in [1.82, 2.24) is 4.98 Å². The van der Waals surface area contributed by atoms with E-state index in [0.29, 0.717) is 11.6 Å². The number of H-pyrrole nitrogens is 1. The number of carbonyl (C=O) groups is 1. The van der Waals surface area contributed by atoms with Crippen LogP contribution in [0.1, 0.15) is 55.9 Å². The van der Waals surface area contributed by atoms with Crippen LogP contribution >= 0.6 is 0 Å². The fourth-order valence-electron chi connectivity index (χ4n) is 1.92. The van der Waals surface area contributed by atoms with Crippen LogP contribution in [-0.4, -0.2) is 17.1 Å². The Morgan fingerprint density at radius 2 is 2.17 bits per heavy atom. The van der Waals surface area contributed by atoms with Crippen molar-refractivity contribution < 1.29 is 9.53 Å². The van der Waals surface area contributed by atoms with E-state index in [1.54, 1.807) is 0 Å². The number of aromatic nitrogens is 1. The quantitative estimate of drug-likeness (QED) is 0.803. The lowest BCUT2D eigenvalue weighted by molar-refractivity contribution is 0.0167.